The maximum atomic E-state index is 14.5. The highest BCUT2D eigenvalue weighted by molar-refractivity contribution is 6.37. The van der Waals surface area contributed by atoms with Gasteiger partial charge in [-0.25, -0.2) is 9.37 Å². The number of alkyl halides is 1. The van der Waals surface area contributed by atoms with E-state index in [2.05, 4.69) is 14.8 Å². The van der Waals surface area contributed by atoms with Gasteiger partial charge in [0.25, 0.3) is 0 Å². The first-order chi connectivity index (χ1) is 21.9. The topological polar surface area (TPSA) is 110 Å². The Morgan fingerprint density at radius 3 is 2.89 bits per heavy atom. The van der Waals surface area contributed by atoms with Gasteiger partial charge in [0.1, 0.15) is 36.8 Å². The second-order valence-corrected chi connectivity index (χ2v) is 12.6. The summed E-state index contributed by atoms with van der Waals surface area (Å²) in [5, 5.41) is 13.5. The second kappa shape index (κ2) is 10.9. The van der Waals surface area contributed by atoms with Crippen molar-refractivity contribution in [1.29, 1.82) is 0 Å². The molecule has 5 aromatic rings. The molecule has 0 spiro atoms. The zero-order valence-corrected chi connectivity index (χ0v) is 25.3. The zero-order valence-electron chi connectivity index (χ0n) is 24.5. The standard InChI is InChI=1S/C34H32ClFN6O3/c35-29-26(25-14-23(43)13-20-5-1-2-7-24(20)25)15-27-28-30(29)44-12-11-41(17-21-6-3-9-38-31(21)37)32(28)40-33(39-27)45-19-34-8-4-10-42(34)18-22(36)16-34/h1-3,5-7,9,13-15,22,43H,4,8,10-12,16-19H2,(H2,37,38)/t22-,34+/m1/s1. The van der Waals surface area contributed by atoms with Crippen LogP contribution in [0.1, 0.15) is 24.8 Å². The van der Waals surface area contributed by atoms with E-state index in [9.17, 15) is 9.50 Å². The Bertz CT molecular complexity index is 1960. The lowest BCUT2D eigenvalue weighted by Crippen LogP contribution is -2.43. The fourth-order valence-electron chi connectivity index (χ4n) is 7.30. The fraction of sp³-hybridized carbons (Fsp3) is 0.324. The number of phenols is 1. The Morgan fingerprint density at radius 2 is 2.00 bits per heavy atom. The Balaban J connectivity index is 1.29. The second-order valence-electron chi connectivity index (χ2n) is 12.2. The van der Waals surface area contributed by atoms with Crippen LogP contribution in [0.4, 0.5) is 16.0 Å². The minimum absolute atomic E-state index is 0.127. The smallest absolute Gasteiger partial charge is 0.319 e. The third-order valence-corrected chi connectivity index (χ3v) is 9.78. The van der Waals surface area contributed by atoms with Crippen LogP contribution in [0.2, 0.25) is 5.02 Å². The number of pyridine rings is 1. The average Bonchev–Trinajstić information content (AvgIpc) is 3.49. The van der Waals surface area contributed by atoms with Crippen LogP contribution in [0.15, 0.2) is 60.8 Å². The summed E-state index contributed by atoms with van der Waals surface area (Å²) in [5.74, 6) is 1.64. The number of benzene rings is 3. The number of fused-ring (bicyclic) bond motifs is 2. The summed E-state index contributed by atoms with van der Waals surface area (Å²) >= 11 is 7.16. The molecule has 0 unspecified atom stereocenters. The molecular weight excluding hydrogens is 595 g/mol. The van der Waals surface area contributed by atoms with Gasteiger partial charge in [-0.2, -0.15) is 9.97 Å². The fourth-order valence-corrected chi connectivity index (χ4v) is 7.60. The van der Waals surface area contributed by atoms with Crippen molar-refractivity contribution >= 4 is 44.9 Å². The number of aromatic nitrogens is 3. The highest BCUT2D eigenvalue weighted by Gasteiger charge is 2.49. The number of hydrogen-bond donors (Lipinski definition) is 2. The predicted octanol–water partition coefficient (Wildman–Crippen LogP) is 6.14. The molecular formula is C34H32ClFN6O3. The van der Waals surface area contributed by atoms with Gasteiger partial charge in [-0.05, 0) is 60.0 Å². The Hall–Kier alpha value is -4.41. The summed E-state index contributed by atoms with van der Waals surface area (Å²) in [5.41, 5.74) is 8.74. The van der Waals surface area contributed by atoms with Crippen molar-refractivity contribution in [1.82, 2.24) is 19.9 Å². The van der Waals surface area contributed by atoms with Gasteiger partial charge in [-0.3, -0.25) is 4.90 Å². The van der Waals surface area contributed by atoms with Crippen molar-refractivity contribution in [3.8, 4) is 28.6 Å². The van der Waals surface area contributed by atoms with Crippen LogP contribution in [0, 0.1) is 0 Å². The van der Waals surface area contributed by atoms with Crippen molar-refractivity contribution in [3.05, 3.63) is 71.4 Å². The van der Waals surface area contributed by atoms with E-state index in [-0.39, 0.29) is 17.3 Å². The normalized spacial score (nSPS) is 21.2. The molecule has 0 saturated carbocycles. The van der Waals surface area contributed by atoms with E-state index in [0.29, 0.717) is 78.1 Å². The molecule has 0 radical (unpaired) electrons. The summed E-state index contributed by atoms with van der Waals surface area (Å²) in [7, 11) is 0. The number of anilines is 2. The number of ether oxygens (including phenoxy) is 2. The molecule has 3 aliphatic heterocycles. The van der Waals surface area contributed by atoms with Crippen LogP contribution in [0.3, 0.4) is 0 Å². The predicted molar refractivity (Wildman–Crippen MR) is 173 cm³/mol. The molecule has 3 aromatic carbocycles. The molecule has 8 rings (SSSR count). The first-order valence-electron chi connectivity index (χ1n) is 15.2. The number of rotatable bonds is 6. The Morgan fingerprint density at radius 1 is 1.11 bits per heavy atom. The zero-order chi connectivity index (χ0) is 30.7. The minimum atomic E-state index is -0.863. The molecule has 0 bridgehead atoms. The molecule has 230 valence electrons. The van der Waals surface area contributed by atoms with Crippen LogP contribution < -0.4 is 20.1 Å². The number of hydrogen-bond acceptors (Lipinski definition) is 9. The van der Waals surface area contributed by atoms with E-state index < -0.39 is 6.17 Å². The van der Waals surface area contributed by atoms with Gasteiger partial charge in [-0.1, -0.05) is 41.9 Å². The summed E-state index contributed by atoms with van der Waals surface area (Å²) in [4.78, 5) is 18.4. The van der Waals surface area contributed by atoms with E-state index in [1.165, 1.54) is 0 Å². The third-order valence-electron chi connectivity index (χ3n) is 9.40. The van der Waals surface area contributed by atoms with E-state index in [1.54, 1.807) is 18.3 Å². The quantitative estimate of drug-likeness (QED) is 0.230. The van der Waals surface area contributed by atoms with Crippen molar-refractivity contribution in [2.75, 3.05) is 43.5 Å². The molecule has 3 N–H and O–H groups in total. The molecule has 0 amide bonds. The highest BCUT2D eigenvalue weighted by Crippen LogP contribution is 2.48. The number of nitrogen functional groups attached to an aromatic ring is 1. The summed E-state index contributed by atoms with van der Waals surface area (Å²) in [6.07, 6.45) is 3.14. The monoisotopic (exact) mass is 626 g/mol. The maximum Gasteiger partial charge on any atom is 0.319 e. The van der Waals surface area contributed by atoms with Gasteiger partial charge >= 0.3 is 6.01 Å². The first-order valence-corrected chi connectivity index (χ1v) is 15.6. The lowest BCUT2D eigenvalue weighted by Gasteiger charge is -2.31. The van der Waals surface area contributed by atoms with Crippen molar-refractivity contribution in [3.63, 3.8) is 0 Å². The van der Waals surface area contributed by atoms with Gasteiger partial charge in [0.2, 0.25) is 0 Å². The van der Waals surface area contributed by atoms with Crippen LogP contribution in [-0.4, -0.2) is 69.5 Å². The third kappa shape index (κ3) is 4.83. The number of phenolic OH excluding ortho intramolecular Hbond substituents is 1. The number of aromatic hydroxyl groups is 1. The molecule has 3 aliphatic rings. The van der Waals surface area contributed by atoms with Gasteiger partial charge in [0.05, 0.1) is 28.0 Å². The van der Waals surface area contributed by atoms with Crippen LogP contribution in [-0.2, 0) is 6.54 Å². The van der Waals surface area contributed by atoms with E-state index in [4.69, 9.17) is 36.8 Å². The highest BCUT2D eigenvalue weighted by atomic mass is 35.5. The molecule has 45 heavy (non-hydrogen) atoms. The summed E-state index contributed by atoms with van der Waals surface area (Å²) < 4.78 is 27.2. The number of nitrogens with zero attached hydrogens (tertiary/aromatic N) is 5. The van der Waals surface area contributed by atoms with Crippen molar-refractivity contribution in [2.24, 2.45) is 0 Å². The SMILES string of the molecule is Nc1ncccc1CN1CCOc2c(Cl)c(-c3cc(O)cc4ccccc34)cc3nc(OC[C@@]45CCCN4C[C@H](F)C5)nc1c23. The van der Waals surface area contributed by atoms with Gasteiger partial charge in [0, 0.05) is 36.8 Å². The lowest BCUT2D eigenvalue weighted by atomic mass is 9.95. The van der Waals surface area contributed by atoms with Crippen LogP contribution in [0.25, 0.3) is 32.8 Å². The van der Waals surface area contributed by atoms with Gasteiger partial charge in [-0.15, -0.1) is 0 Å². The molecule has 2 atom stereocenters. The van der Waals surface area contributed by atoms with Gasteiger partial charge < -0.3 is 25.2 Å². The Kier molecular flexibility index (Phi) is 6.80. The first kappa shape index (κ1) is 28.1. The molecule has 2 fully saturated rings. The molecule has 0 aliphatic carbocycles. The molecule has 5 heterocycles. The van der Waals surface area contributed by atoms with Crippen molar-refractivity contribution in [2.45, 2.75) is 37.5 Å². The Labute approximate surface area is 264 Å². The summed E-state index contributed by atoms with van der Waals surface area (Å²) in [6, 6.07) is 17.2. The maximum absolute atomic E-state index is 14.5. The molecule has 2 aromatic heterocycles. The van der Waals surface area contributed by atoms with Gasteiger partial charge in [0.15, 0.2) is 5.75 Å². The van der Waals surface area contributed by atoms with E-state index >= 15 is 0 Å². The van der Waals surface area contributed by atoms with Crippen molar-refractivity contribution < 1.29 is 19.0 Å². The molecule has 11 heteroatoms. The molecule has 9 nitrogen and oxygen atoms in total. The molecule has 2 saturated heterocycles. The lowest BCUT2D eigenvalue weighted by molar-refractivity contribution is 0.107. The number of halogens is 2. The largest absolute Gasteiger partial charge is 0.508 e. The number of nitrogens with two attached hydrogens (primary N) is 1. The van der Waals surface area contributed by atoms with E-state index in [0.717, 1.165) is 41.3 Å². The summed E-state index contributed by atoms with van der Waals surface area (Å²) in [6.45, 7) is 2.88. The minimum Gasteiger partial charge on any atom is -0.508 e. The van der Waals surface area contributed by atoms with E-state index in [1.807, 2.05) is 42.5 Å². The average molecular weight is 627 g/mol. The van der Waals surface area contributed by atoms with Crippen LogP contribution >= 0.6 is 11.6 Å². The van der Waals surface area contributed by atoms with Crippen LogP contribution in [0.5, 0.6) is 17.5 Å².